The highest BCUT2D eigenvalue weighted by Crippen LogP contribution is 2.22. The van der Waals surface area contributed by atoms with Crippen molar-refractivity contribution >= 4 is 10.0 Å². The summed E-state index contributed by atoms with van der Waals surface area (Å²) in [5.74, 6) is 0.0681. The van der Waals surface area contributed by atoms with Crippen LogP contribution < -0.4 is 5.73 Å². The Balaban J connectivity index is 3.40. The molecule has 1 aromatic rings. The summed E-state index contributed by atoms with van der Waals surface area (Å²) in [6.07, 6.45) is 4.99. The fraction of sp³-hybridized carbons (Fsp3) is 0.273. The Hall–Kier alpha value is -1.49. The number of nitrogens with zero attached hydrogens (tertiary/aromatic N) is 1. The molecule has 0 bridgehead atoms. The Labute approximate surface area is 104 Å². The maximum absolute atomic E-state index is 13.9. The monoisotopic (exact) mass is 274 g/mol. The third-order valence-corrected chi connectivity index (χ3v) is 4.18. The van der Waals surface area contributed by atoms with Gasteiger partial charge in [0.2, 0.25) is 10.0 Å². The van der Waals surface area contributed by atoms with Crippen molar-refractivity contribution in [2.24, 2.45) is 5.73 Å². The predicted octanol–water partition coefficient (Wildman–Crippen LogP) is 0.677. The summed E-state index contributed by atoms with van der Waals surface area (Å²) in [6, 6.07) is 1.72. The lowest BCUT2D eigenvalue weighted by atomic mass is 10.2. The molecule has 0 saturated heterocycles. The number of nitrogens with two attached hydrogens (primary N) is 1. The molecule has 0 heterocycles. The van der Waals surface area contributed by atoms with Crippen molar-refractivity contribution in [3.63, 3.8) is 0 Å². The molecular weight excluding hydrogens is 262 g/mol. The van der Waals surface area contributed by atoms with E-state index in [1.807, 2.05) is 0 Å². The molecule has 1 rings (SSSR count). The van der Waals surface area contributed by atoms with Crippen LogP contribution in [0.2, 0.25) is 0 Å². The first-order chi connectivity index (χ1) is 8.36. The van der Waals surface area contributed by atoms with E-state index in [4.69, 9.17) is 12.2 Å². The smallest absolute Gasteiger partial charge is 0.246 e. The molecule has 0 aliphatic heterocycles. The number of hydrogen-bond donors (Lipinski definition) is 1. The van der Waals surface area contributed by atoms with Gasteiger partial charge in [0.1, 0.15) is 10.7 Å². The molecule has 0 amide bonds. The largest absolute Gasteiger partial charge is 0.326 e. The van der Waals surface area contributed by atoms with Gasteiger partial charge in [-0.1, -0.05) is 5.92 Å². The van der Waals surface area contributed by atoms with Crippen LogP contribution >= 0.6 is 0 Å². The lowest BCUT2D eigenvalue weighted by Crippen LogP contribution is -2.28. The standard InChI is InChI=1S/C11H12F2N2O2S/c1-3-6-15(2)18(16,17)10-5-4-9(12)8(7-14)11(10)13/h1,4-5H,6-7,14H2,2H3. The number of rotatable bonds is 4. The van der Waals surface area contributed by atoms with Gasteiger partial charge in [-0.2, -0.15) is 4.31 Å². The summed E-state index contributed by atoms with van der Waals surface area (Å²) in [5.41, 5.74) is 4.71. The van der Waals surface area contributed by atoms with Crippen LogP contribution in [0, 0.1) is 24.0 Å². The predicted molar refractivity (Wildman–Crippen MR) is 62.9 cm³/mol. The van der Waals surface area contributed by atoms with Crippen molar-refractivity contribution in [2.45, 2.75) is 11.4 Å². The quantitative estimate of drug-likeness (QED) is 0.821. The maximum Gasteiger partial charge on any atom is 0.246 e. The normalized spacial score (nSPS) is 11.6. The van der Waals surface area contributed by atoms with Crippen molar-refractivity contribution < 1.29 is 17.2 Å². The average Bonchev–Trinajstić information content (AvgIpc) is 2.29. The van der Waals surface area contributed by atoms with Crippen molar-refractivity contribution in [3.8, 4) is 12.3 Å². The van der Waals surface area contributed by atoms with Gasteiger partial charge < -0.3 is 5.73 Å². The van der Waals surface area contributed by atoms with E-state index >= 15 is 0 Å². The first-order valence-electron chi connectivity index (χ1n) is 4.93. The molecule has 0 atom stereocenters. The lowest BCUT2D eigenvalue weighted by Gasteiger charge is -2.16. The van der Waals surface area contributed by atoms with Crippen LogP contribution in [0.4, 0.5) is 8.78 Å². The molecule has 1 aromatic carbocycles. The SMILES string of the molecule is C#CCN(C)S(=O)(=O)c1ccc(F)c(CN)c1F. The highest BCUT2D eigenvalue weighted by Gasteiger charge is 2.26. The second kappa shape index (κ2) is 5.44. The molecule has 0 saturated carbocycles. The Morgan fingerprint density at radius 3 is 2.56 bits per heavy atom. The fourth-order valence-corrected chi connectivity index (χ4v) is 2.51. The van der Waals surface area contributed by atoms with Gasteiger partial charge in [-0.15, -0.1) is 6.42 Å². The van der Waals surface area contributed by atoms with Gasteiger partial charge in [0.15, 0.2) is 5.82 Å². The van der Waals surface area contributed by atoms with Gasteiger partial charge in [-0.3, -0.25) is 0 Å². The second-order valence-electron chi connectivity index (χ2n) is 3.51. The van der Waals surface area contributed by atoms with Crippen molar-refractivity contribution in [3.05, 3.63) is 29.3 Å². The van der Waals surface area contributed by atoms with Crippen molar-refractivity contribution in [2.75, 3.05) is 13.6 Å². The Bertz CT molecular complexity index is 594. The molecule has 0 aliphatic rings. The van der Waals surface area contributed by atoms with Gasteiger partial charge in [0.25, 0.3) is 0 Å². The maximum atomic E-state index is 13.9. The Kier molecular flexibility index (Phi) is 4.40. The number of hydrogen-bond acceptors (Lipinski definition) is 3. The first-order valence-corrected chi connectivity index (χ1v) is 6.37. The topological polar surface area (TPSA) is 63.4 Å². The number of sulfonamides is 1. The Morgan fingerprint density at radius 1 is 1.44 bits per heavy atom. The van der Waals surface area contributed by atoms with Crippen LogP contribution in [0.1, 0.15) is 5.56 Å². The van der Waals surface area contributed by atoms with E-state index in [0.29, 0.717) is 0 Å². The molecule has 0 fully saturated rings. The van der Waals surface area contributed by atoms with Crippen LogP contribution in [-0.2, 0) is 16.6 Å². The first kappa shape index (κ1) is 14.6. The lowest BCUT2D eigenvalue weighted by molar-refractivity contribution is 0.485. The zero-order valence-corrected chi connectivity index (χ0v) is 10.5. The Morgan fingerprint density at radius 2 is 2.06 bits per heavy atom. The van der Waals surface area contributed by atoms with Gasteiger partial charge in [-0.05, 0) is 12.1 Å². The number of terminal acetylenes is 1. The summed E-state index contributed by atoms with van der Waals surface area (Å²) in [6.45, 7) is -0.642. The van der Waals surface area contributed by atoms with Gasteiger partial charge in [0, 0.05) is 19.2 Å². The number of halogens is 2. The molecule has 4 nitrogen and oxygen atoms in total. The minimum atomic E-state index is -4.09. The summed E-state index contributed by atoms with van der Waals surface area (Å²) in [4.78, 5) is -0.637. The summed E-state index contributed by atoms with van der Waals surface area (Å²) in [5, 5.41) is 0. The van der Waals surface area contributed by atoms with Gasteiger partial charge >= 0.3 is 0 Å². The highest BCUT2D eigenvalue weighted by atomic mass is 32.2. The minimum absolute atomic E-state index is 0.211. The summed E-state index contributed by atoms with van der Waals surface area (Å²) >= 11 is 0. The summed E-state index contributed by atoms with van der Waals surface area (Å²) in [7, 11) is -2.88. The van der Waals surface area contributed by atoms with Crippen molar-refractivity contribution in [1.29, 1.82) is 0 Å². The molecular formula is C11H12F2N2O2S. The van der Waals surface area contributed by atoms with E-state index < -0.39 is 38.7 Å². The molecule has 7 heteroatoms. The zero-order valence-electron chi connectivity index (χ0n) is 9.65. The minimum Gasteiger partial charge on any atom is -0.326 e. The second-order valence-corrected chi connectivity index (χ2v) is 5.52. The fourth-order valence-electron chi connectivity index (χ4n) is 1.34. The molecule has 2 N–H and O–H groups in total. The van der Waals surface area contributed by atoms with Crippen LogP contribution in [0.25, 0.3) is 0 Å². The molecule has 0 unspecified atom stereocenters. The third kappa shape index (κ3) is 2.51. The van der Waals surface area contributed by atoms with Gasteiger partial charge in [0.05, 0.1) is 6.54 Å². The van der Waals surface area contributed by atoms with Crippen LogP contribution in [0.5, 0.6) is 0 Å². The molecule has 0 radical (unpaired) electrons. The molecule has 0 aromatic heterocycles. The van der Waals surface area contributed by atoms with E-state index in [-0.39, 0.29) is 6.54 Å². The van der Waals surface area contributed by atoms with E-state index in [0.717, 1.165) is 16.4 Å². The van der Waals surface area contributed by atoms with E-state index in [9.17, 15) is 17.2 Å². The zero-order chi connectivity index (χ0) is 13.9. The summed E-state index contributed by atoms with van der Waals surface area (Å²) < 4.78 is 51.8. The van der Waals surface area contributed by atoms with Gasteiger partial charge in [-0.25, -0.2) is 17.2 Å². The molecule has 18 heavy (non-hydrogen) atoms. The van der Waals surface area contributed by atoms with E-state index in [1.165, 1.54) is 7.05 Å². The van der Waals surface area contributed by atoms with E-state index in [2.05, 4.69) is 5.92 Å². The van der Waals surface area contributed by atoms with Crippen molar-refractivity contribution in [1.82, 2.24) is 4.31 Å². The van der Waals surface area contributed by atoms with Crippen LogP contribution in [0.3, 0.4) is 0 Å². The molecule has 0 spiro atoms. The van der Waals surface area contributed by atoms with E-state index in [1.54, 1.807) is 0 Å². The molecule has 98 valence electrons. The number of benzene rings is 1. The average molecular weight is 274 g/mol. The third-order valence-electron chi connectivity index (χ3n) is 2.36. The van der Waals surface area contributed by atoms with Crippen LogP contribution in [0.15, 0.2) is 17.0 Å². The highest BCUT2D eigenvalue weighted by molar-refractivity contribution is 7.89. The van der Waals surface area contributed by atoms with Crippen LogP contribution in [-0.4, -0.2) is 26.3 Å². The molecule has 0 aliphatic carbocycles.